The van der Waals surface area contributed by atoms with Gasteiger partial charge in [-0.05, 0) is 58.2 Å². The first-order valence-corrected chi connectivity index (χ1v) is 15.9. The molecule has 5 rings (SSSR count). The minimum Gasteiger partial charge on any atom is -0.373 e. The minimum absolute atomic E-state index is 0.149. The molecule has 0 saturated carbocycles. The SMILES string of the molecule is C=C(/C=C\C=C/C)[C@H](Nc1cc(Cl)c2ncc(C#N)c(Nc3cnc(Cl)c(F)c3)c2c1)C1=CN(C2CCN(C(C)(C)C)CC2)NN1. The number of fused-ring (bicyclic) bond motifs is 1. The Morgan fingerprint density at radius 2 is 1.91 bits per heavy atom. The van der Waals surface area contributed by atoms with Crippen LogP contribution >= 0.6 is 23.2 Å². The number of nitrogens with one attached hydrogen (secondary N) is 4. The molecule has 0 unspecified atom stereocenters. The van der Waals surface area contributed by atoms with Crippen molar-refractivity contribution >= 4 is 51.2 Å². The number of rotatable bonds is 9. The van der Waals surface area contributed by atoms with Gasteiger partial charge in [0.1, 0.15) is 6.07 Å². The Kier molecular flexibility index (Phi) is 10.2. The highest BCUT2D eigenvalue weighted by Gasteiger charge is 2.32. The Bertz CT molecular complexity index is 1750. The van der Waals surface area contributed by atoms with Crippen LogP contribution in [0.4, 0.5) is 21.5 Å². The van der Waals surface area contributed by atoms with E-state index in [1.54, 1.807) is 6.07 Å². The number of benzene rings is 1. The van der Waals surface area contributed by atoms with Gasteiger partial charge in [-0.15, -0.1) is 5.53 Å². The first kappa shape index (κ1) is 33.2. The Morgan fingerprint density at radius 1 is 1.15 bits per heavy atom. The van der Waals surface area contributed by atoms with E-state index in [9.17, 15) is 9.65 Å². The van der Waals surface area contributed by atoms with Gasteiger partial charge in [0.25, 0.3) is 0 Å². The van der Waals surface area contributed by atoms with Gasteiger partial charge >= 0.3 is 0 Å². The van der Waals surface area contributed by atoms with Gasteiger partial charge in [-0.1, -0.05) is 54.1 Å². The highest BCUT2D eigenvalue weighted by atomic mass is 35.5. The van der Waals surface area contributed by atoms with Crippen molar-refractivity contribution in [3.8, 4) is 6.07 Å². The standard InChI is InChI=1S/C34H38Cl2FN9/c1-6-7-8-9-21(2)30(29-20-46(44-43-29)25-10-12-45(13-11-25)34(3,4)5)41-23-14-26-31(42-24-16-28(37)33(36)40-19-24)22(17-38)18-39-32(26)27(35)15-23/h6-9,14-16,18-20,25,30,41,43-44H,2,10-13H2,1,3-5H3,(H,39,42)/b7-6-,9-8-/t30-/m0/s1. The molecule has 0 aliphatic carbocycles. The van der Waals surface area contributed by atoms with Gasteiger partial charge < -0.3 is 16.1 Å². The third-order valence-electron chi connectivity index (χ3n) is 8.13. The van der Waals surface area contributed by atoms with Crippen LogP contribution in [0.2, 0.25) is 10.2 Å². The second-order valence-electron chi connectivity index (χ2n) is 12.3. The van der Waals surface area contributed by atoms with Gasteiger partial charge in [-0.25, -0.2) is 9.37 Å². The third-order valence-corrected chi connectivity index (χ3v) is 8.70. The molecule has 4 N–H and O–H groups in total. The number of likely N-dealkylation sites (tertiary alicyclic amines) is 1. The predicted molar refractivity (Wildman–Crippen MR) is 185 cm³/mol. The average molecular weight is 663 g/mol. The van der Waals surface area contributed by atoms with Crippen molar-refractivity contribution in [2.75, 3.05) is 23.7 Å². The van der Waals surface area contributed by atoms with Crippen LogP contribution in [-0.4, -0.2) is 50.6 Å². The van der Waals surface area contributed by atoms with Crippen molar-refractivity contribution in [2.24, 2.45) is 0 Å². The second kappa shape index (κ2) is 14.1. The highest BCUT2D eigenvalue weighted by Crippen LogP contribution is 2.36. The number of allylic oxidation sites excluding steroid dienone is 3. The average Bonchev–Trinajstić information content (AvgIpc) is 3.52. The molecular weight excluding hydrogens is 624 g/mol. The molecule has 0 radical (unpaired) electrons. The van der Waals surface area contributed by atoms with Crippen LogP contribution in [0.1, 0.15) is 46.1 Å². The number of hydrazine groups is 2. The third kappa shape index (κ3) is 7.45. The summed E-state index contributed by atoms with van der Waals surface area (Å²) >= 11 is 12.6. The van der Waals surface area contributed by atoms with E-state index in [0.29, 0.717) is 39.0 Å². The zero-order valence-corrected chi connectivity index (χ0v) is 27.8. The lowest BCUT2D eigenvalue weighted by atomic mass is 9.98. The summed E-state index contributed by atoms with van der Waals surface area (Å²) < 4.78 is 14.2. The van der Waals surface area contributed by atoms with Crippen LogP contribution in [0, 0.1) is 17.1 Å². The number of anilines is 3. The Morgan fingerprint density at radius 3 is 2.59 bits per heavy atom. The molecule has 1 aromatic carbocycles. The number of piperidine rings is 1. The van der Waals surface area contributed by atoms with E-state index < -0.39 is 5.82 Å². The summed E-state index contributed by atoms with van der Waals surface area (Å²) in [5.41, 5.74) is 10.7. The molecule has 2 aromatic heterocycles. The molecule has 1 atom stereocenters. The Balaban J connectivity index is 1.47. The molecule has 0 bridgehead atoms. The maximum absolute atomic E-state index is 14.2. The molecule has 4 heterocycles. The summed E-state index contributed by atoms with van der Waals surface area (Å²) in [6.07, 6.45) is 14.8. The number of hydrogen-bond acceptors (Lipinski definition) is 9. The van der Waals surface area contributed by atoms with Crippen LogP contribution in [0.25, 0.3) is 10.9 Å². The van der Waals surface area contributed by atoms with E-state index >= 15 is 0 Å². The van der Waals surface area contributed by atoms with Gasteiger partial charge in [0.2, 0.25) is 0 Å². The van der Waals surface area contributed by atoms with Crippen molar-refractivity contribution in [3.05, 3.63) is 101 Å². The molecular formula is C34H38Cl2FN9. The van der Waals surface area contributed by atoms with Gasteiger partial charge in [0.05, 0.1) is 45.4 Å². The monoisotopic (exact) mass is 661 g/mol. The smallest absolute Gasteiger partial charge is 0.164 e. The molecule has 46 heavy (non-hydrogen) atoms. The lowest BCUT2D eigenvalue weighted by Crippen LogP contribution is -2.52. The van der Waals surface area contributed by atoms with Gasteiger partial charge in [-0.3, -0.25) is 14.9 Å². The zero-order valence-electron chi connectivity index (χ0n) is 26.3. The summed E-state index contributed by atoms with van der Waals surface area (Å²) in [6, 6.07) is 6.99. The van der Waals surface area contributed by atoms with Crippen LogP contribution in [0.3, 0.4) is 0 Å². The fourth-order valence-corrected chi connectivity index (χ4v) is 5.99. The minimum atomic E-state index is -0.684. The summed E-state index contributed by atoms with van der Waals surface area (Å²) in [5.74, 6) is -0.684. The van der Waals surface area contributed by atoms with E-state index in [1.165, 1.54) is 18.5 Å². The number of nitriles is 1. The maximum Gasteiger partial charge on any atom is 0.164 e. The molecule has 3 aromatic rings. The van der Waals surface area contributed by atoms with Gasteiger partial charge in [-0.2, -0.15) is 5.26 Å². The van der Waals surface area contributed by atoms with Crippen LogP contribution in [0.15, 0.2) is 78.9 Å². The number of halogens is 3. The van der Waals surface area contributed by atoms with Crippen molar-refractivity contribution in [3.63, 3.8) is 0 Å². The molecule has 1 fully saturated rings. The first-order chi connectivity index (χ1) is 22.0. The summed E-state index contributed by atoms with van der Waals surface area (Å²) in [4.78, 5) is 10.8. The summed E-state index contributed by atoms with van der Waals surface area (Å²) in [6.45, 7) is 15.2. The molecule has 12 heteroatoms. The molecule has 0 amide bonds. The molecule has 2 aliphatic rings. The number of pyridine rings is 2. The zero-order chi connectivity index (χ0) is 33.0. The summed E-state index contributed by atoms with van der Waals surface area (Å²) in [7, 11) is 0. The van der Waals surface area contributed by atoms with Crippen molar-refractivity contribution in [1.82, 2.24) is 30.8 Å². The highest BCUT2D eigenvalue weighted by molar-refractivity contribution is 6.36. The van der Waals surface area contributed by atoms with E-state index in [1.807, 2.05) is 37.3 Å². The quantitative estimate of drug-likeness (QED) is 0.136. The maximum atomic E-state index is 14.2. The number of nitrogens with zero attached hydrogens (tertiary/aromatic N) is 5. The predicted octanol–water partition coefficient (Wildman–Crippen LogP) is 7.59. The molecule has 1 saturated heterocycles. The first-order valence-electron chi connectivity index (χ1n) is 15.1. The van der Waals surface area contributed by atoms with Crippen LogP contribution in [-0.2, 0) is 0 Å². The lowest BCUT2D eigenvalue weighted by molar-refractivity contribution is 0.0570. The molecule has 240 valence electrons. The topological polar surface area (TPSA) is 104 Å². The lowest BCUT2D eigenvalue weighted by Gasteiger charge is -2.42. The van der Waals surface area contributed by atoms with Crippen LogP contribution in [0.5, 0.6) is 0 Å². The van der Waals surface area contributed by atoms with E-state index in [4.69, 9.17) is 23.2 Å². The largest absolute Gasteiger partial charge is 0.373 e. The van der Waals surface area contributed by atoms with Gasteiger partial charge in [0.15, 0.2) is 11.0 Å². The van der Waals surface area contributed by atoms with E-state index in [2.05, 4.69) is 81.1 Å². The van der Waals surface area contributed by atoms with Crippen molar-refractivity contribution in [2.45, 2.75) is 58.2 Å². The Hall–Kier alpha value is -4.14. The normalized spacial score (nSPS) is 16.9. The Labute approximate surface area is 279 Å². The van der Waals surface area contributed by atoms with E-state index in [-0.39, 0.29) is 22.3 Å². The number of aromatic nitrogens is 2. The molecule has 9 nitrogen and oxygen atoms in total. The van der Waals surface area contributed by atoms with Crippen molar-refractivity contribution in [1.29, 1.82) is 5.26 Å². The molecule has 2 aliphatic heterocycles. The second-order valence-corrected chi connectivity index (χ2v) is 13.1. The van der Waals surface area contributed by atoms with Gasteiger partial charge in [0, 0.05) is 54.2 Å². The van der Waals surface area contributed by atoms with Crippen LogP contribution < -0.4 is 21.6 Å². The summed E-state index contributed by atoms with van der Waals surface area (Å²) in [5, 5.41) is 19.4. The fourth-order valence-electron chi connectivity index (χ4n) is 5.62. The van der Waals surface area contributed by atoms with E-state index in [0.717, 1.165) is 37.2 Å². The fraction of sp³-hybridized carbons (Fsp3) is 0.324. The number of hydrogen-bond donors (Lipinski definition) is 4. The van der Waals surface area contributed by atoms with Crippen molar-refractivity contribution < 1.29 is 4.39 Å². The molecule has 0 spiro atoms.